The summed E-state index contributed by atoms with van der Waals surface area (Å²) in [5.74, 6) is 0.756. The third-order valence-corrected chi connectivity index (χ3v) is 3.96. The van der Waals surface area contributed by atoms with Crippen LogP contribution in [0.1, 0.15) is 33.7 Å². The molecule has 1 amide bonds. The molecule has 5 nitrogen and oxygen atoms in total. The first-order valence-electron chi connectivity index (χ1n) is 7.67. The van der Waals surface area contributed by atoms with Crippen LogP contribution in [0.3, 0.4) is 0 Å². The Morgan fingerprint density at radius 2 is 2.14 bits per heavy atom. The highest BCUT2D eigenvalue weighted by molar-refractivity contribution is 5.92. The van der Waals surface area contributed by atoms with Crippen LogP contribution in [0.2, 0.25) is 0 Å². The fraction of sp³-hybridized carbons (Fsp3) is 0.412. The normalized spacial score (nSPS) is 13.0. The minimum absolute atomic E-state index is 0.124. The van der Waals surface area contributed by atoms with Crippen LogP contribution >= 0.6 is 0 Å². The summed E-state index contributed by atoms with van der Waals surface area (Å²) in [6, 6.07) is 8.05. The third kappa shape index (κ3) is 3.13. The number of carbonyl (C=O) groups excluding carboxylic acids is 1. The first-order valence-corrected chi connectivity index (χ1v) is 7.67. The summed E-state index contributed by atoms with van der Waals surface area (Å²) in [5, 5.41) is 7.02. The number of nitrogens with zero attached hydrogens (tertiary/aromatic N) is 2. The molecule has 0 aliphatic heterocycles. The molecule has 1 aromatic heterocycles. The molecular formula is C17H21N3O2. The Morgan fingerprint density at radius 3 is 2.91 bits per heavy atom. The van der Waals surface area contributed by atoms with E-state index in [1.807, 2.05) is 13.0 Å². The maximum atomic E-state index is 12.0. The van der Waals surface area contributed by atoms with Gasteiger partial charge in [0.15, 0.2) is 0 Å². The van der Waals surface area contributed by atoms with Crippen molar-refractivity contribution in [3.63, 3.8) is 0 Å². The molecule has 0 atom stereocenters. The fourth-order valence-corrected chi connectivity index (χ4v) is 2.89. The Hall–Kier alpha value is -2.30. The van der Waals surface area contributed by atoms with E-state index in [9.17, 15) is 4.79 Å². The van der Waals surface area contributed by atoms with Gasteiger partial charge < -0.3 is 10.1 Å². The van der Waals surface area contributed by atoms with Crippen LogP contribution in [0.5, 0.6) is 5.75 Å². The van der Waals surface area contributed by atoms with Crippen molar-refractivity contribution in [1.82, 2.24) is 15.1 Å². The zero-order chi connectivity index (χ0) is 15.5. The van der Waals surface area contributed by atoms with Crippen molar-refractivity contribution in [1.29, 1.82) is 0 Å². The summed E-state index contributed by atoms with van der Waals surface area (Å²) in [7, 11) is 1.77. The second-order valence-corrected chi connectivity index (χ2v) is 5.68. The average Bonchev–Trinajstić information content (AvgIpc) is 3.08. The molecule has 3 rings (SSSR count). The standard InChI is InChI=1S/C17H21N3O2/c1-12-10-16(20(2)19-12)17(21)18-8-9-22-15-7-6-13-4-3-5-14(13)11-15/h6-7,10-11H,3-5,8-9H2,1-2H3,(H,18,21). The monoisotopic (exact) mass is 299 g/mol. The summed E-state index contributed by atoms with van der Waals surface area (Å²) < 4.78 is 7.31. The topological polar surface area (TPSA) is 56.1 Å². The summed E-state index contributed by atoms with van der Waals surface area (Å²) in [6.45, 7) is 2.80. The van der Waals surface area contributed by atoms with E-state index < -0.39 is 0 Å². The predicted molar refractivity (Wildman–Crippen MR) is 84.2 cm³/mol. The number of rotatable bonds is 5. The second kappa shape index (κ2) is 6.22. The number of nitrogens with one attached hydrogen (secondary N) is 1. The van der Waals surface area contributed by atoms with E-state index >= 15 is 0 Å². The zero-order valence-corrected chi connectivity index (χ0v) is 13.1. The molecule has 0 radical (unpaired) electrons. The number of hydrogen-bond donors (Lipinski definition) is 1. The van der Waals surface area contributed by atoms with E-state index in [1.165, 1.54) is 24.0 Å². The summed E-state index contributed by atoms with van der Waals surface area (Å²) in [5.41, 5.74) is 4.23. The Kier molecular flexibility index (Phi) is 4.13. The van der Waals surface area contributed by atoms with E-state index in [0.717, 1.165) is 17.9 Å². The Morgan fingerprint density at radius 1 is 1.32 bits per heavy atom. The molecule has 116 valence electrons. The van der Waals surface area contributed by atoms with E-state index in [-0.39, 0.29) is 5.91 Å². The highest BCUT2D eigenvalue weighted by atomic mass is 16.5. The van der Waals surface area contributed by atoms with Gasteiger partial charge in [0.25, 0.3) is 5.91 Å². The number of ether oxygens (including phenoxy) is 1. The quantitative estimate of drug-likeness (QED) is 0.859. The molecule has 1 N–H and O–H groups in total. The molecule has 22 heavy (non-hydrogen) atoms. The van der Waals surface area contributed by atoms with Crippen LogP contribution in [-0.4, -0.2) is 28.8 Å². The molecule has 1 aliphatic rings. The second-order valence-electron chi connectivity index (χ2n) is 5.68. The number of carbonyl (C=O) groups is 1. The molecular weight excluding hydrogens is 278 g/mol. The van der Waals surface area contributed by atoms with E-state index in [0.29, 0.717) is 18.8 Å². The molecule has 1 aromatic carbocycles. The van der Waals surface area contributed by atoms with Crippen molar-refractivity contribution in [2.75, 3.05) is 13.2 Å². The van der Waals surface area contributed by atoms with Crippen LogP contribution in [0.25, 0.3) is 0 Å². The highest BCUT2D eigenvalue weighted by Gasteiger charge is 2.12. The van der Waals surface area contributed by atoms with Gasteiger partial charge in [0.2, 0.25) is 0 Å². The van der Waals surface area contributed by atoms with E-state index in [2.05, 4.69) is 22.5 Å². The van der Waals surface area contributed by atoms with Crippen LogP contribution in [-0.2, 0) is 19.9 Å². The van der Waals surface area contributed by atoms with Gasteiger partial charge in [-0.25, -0.2) is 0 Å². The minimum atomic E-state index is -0.124. The number of amides is 1. The van der Waals surface area contributed by atoms with Gasteiger partial charge >= 0.3 is 0 Å². The molecule has 0 spiro atoms. The smallest absolute Gasteiger partial charge is 0.269 e. The zero-order valence-electron chi connectivity index (χ0n) is 13.1. The number of aromatic nitrogens is 2. The van der Waals surface area contributed by atoms with Crippen molar-refractivity contribution in [2.24, 2.45) is 7.05 Å². The van der Waals surface area contributed by atoms with Gasteiger partial charge in [0, 0.05) is 7.05 Å². The van der Waals surface area contributed by atoms with E-state index in [1.54, 1.807) is 17.8 Å². The van der Waals surface area contributed by atoms with Gasteiger partial charge in [0.05, 0.1) is 12.2 Å². The van der Waals surface area contributed by atoms with E-state index in [4.69, 9.17) is 4.74 Å². The number of benzene rings is 1. The molecule has 5 heteroatoms. The highest BCUT2D eigenvalue weighted by Crippen LogP contribution is 2.25. The van der Waals surface area contributed by atoms with Crippen LogP contribution < -0.4 is 10.1 Å². The van der Waals surface area contributed by atoms with Gasteiger partial charge in [-0.1, -0.05) is 6.07 Å². The largest absolute Gasteiger partial charge is 0.492 e. The SMILES string of the molecule is Cc1cc(C(=O)NCCOc2ccc3c(c2)CCC3)n(C)n1. The van der Waals surface area contributed by atoms with Crippen molar-refractivity contribution in [3.05, 3.63) is 46.8 Å². The lowest BCUT2D eigenvalue weighted by molar-refractivity contribution is 0.0937. The van der Waals surface area contributed by atoms with Gasteiger partial charge in [-0.05, 0) is 55.5 Å². The van der Waals surface area contributed by atoms with Crippen LogP contribution in [0.4, 0.5) is 0 Å². The summed E-state index contributed by atoms with van der Waals surface area (Å²) >= 11 is 0. The molecule has 0 fully saturated rings. The fourth-order valence-electron chi connectivity index (χ4n) is 2.89. The molecule has 0 unspecified atom stereocenters. The van der Waals surface area contributed by atoms with Crippen molar-refractivity contribution < 1.29 is 9.53 Å². The Balaban J connectivity index is 1.47. The third-order valence-electron chi connectivity index (χ3n) is 3.96. The molecule has 0 saturated carbocycles. The lowest BCUT2D eigenvalue weighted by atomic mass is 10.1. The number of hydrogen-bond acceptors (Lipinski definition) is 3. The number of fused-ring (bicyclic) bond motifs is 1. The van der Waals surface area contributed by atoms with Gasteiger partial charge in [-0.15, -0.1) is 0 Å². The van der Waals surface area contributed by atoms with Gasteiger partial charge in [0.1, 0.15) is 18.1 Å². The molecule has 0 bridgehead atoms. The molecule has 1 heterocycles. The molecule has 2 aromatic rings. The lowest BCUT2D eigenvalue weighted by Gasteiger charge is -2.09. The lowest BCUT2D eigenvalue weighted by Crippen LogP contribution is -2.29. The average molecular weight is 299 g/mol. The minimum Gasteiger partial charge on any atom is -0.492 e. The first kappa shape index (κ1) is 14.6. The Bertz CT molecular complexity index is 691. The van der Waals surface area contributed by atoms with Crippen molar-refractivity contribution in [3.8, 4) is 5.75 Å². The van der Waals surface area contributed by atoms with Gasteiger partial charge in [-0.3, -0.25) is 9.48 Å². The maximum Gasteiger partial charge on any atom is 0.269 e. The number of aryl methyl sites for hydroxylation is 4. The maximum absolute atomic E-state index is 12.0. The predicted octanol–water partition coefficient (Wildman–Crippen LogP) is 2.03. The first-order chi connectivity index (χ1) is 10.6. The molecule has 1 aliphatic carbocycles. The summed E-state index contributed by atoms with van der Waals surface area (Å²) in [4.78, 5) is 12.0. The van der Waals surface area contributed by atoms with Crippen LogP contribution in [0.15, 0.2) is 24.3 Å². The summed E-state index contributed by atoms with van der Waals surface area (Å²) in [6.07, 6.45) is 3.55. The Labute approximate surface area is 130 Å². The van der Waals surface area contributed by atoms with Crippen molar-refractivity contribution >= 4 is 5.91 Å². The van der Waals surface area contributed by atoms with Crippen LogP contribution in [0, 0.1) is 6.92 Å². The van der Waals surface area contributed by atoms with Gasteiger partial charge in [-0.2, -0.15) is 5.10 Å². The molecule has 0 saturated heterocycles. The van der Waals surface area contributed by atoms with Crippen molar-refractivity contribution in [2.45, 2.75) is 26.2 Å².